The van der Waals surface area contributed by atoms with Crippen molar-refractivity contribution in [2.45, 2.75) is 44.8 Å². The van der Waals surface area contributed by atoms with Gasteiger partial charge in [-0.1, -0.05) is 20.8 Å². The molecule has 0 radical (unpaired) electrons. The van der Waals surface area contributed by atoms with Gasteiger partial charge in [-0.05, 0) is 6.42 Å². The molecular formula is C12H19N3O2S. The summed E-state index contributed by atoms with van der Waals surface area (Å²) >= 11 is 1.43. The van der Waals surface area contributed by atoms with Gasteiger partial charge >= 0.3 is 0 Å². The van der Waals surface area contributed by atoms with E-state index < -0.39 is 6.10 Å². The monoisotopic (exact) mass is 269 g/mol. The molecule has 2 atom stereocenters. The highest BCUT2D eigenvalue weighted by atomic mass is 32.1. The highest BCUT2D eigenvalue weighted by Gasteiger charge is 2.28. The fourth-order valence-electron chi connectivity index (χ4n) is 1.78. The van der Waals surface area contributed by atoms with Crippen molar-refractivity contribution in [2.24, 2.45) is 0 Å². The predicted molar refractivity (Wildman–Crippen MR) is 71.9 cm³/mol. The minimum Gasteiger partial charge on any atom is -0.392 e. The third-order valence-corrected chi connectivity index (χ3v) is 3.68. The maximum atomic E-state index is 11.9. The van der Waals surface area contributed by atoms with Crippen LogP contribution < -0.4 is 10.6 Å². The average Bonchev–Trinajstić information content (AvgIpc) is 2.85. The van der Waals surface area contributed by atoms with E-state index in [2.05, 4.69) is 36.4 Å². The normalized spacial score (nSPS) is 24.2. The number of aliphatic hydroxyl groups is 1. The second-order valence-electron chi connectivity index (χ2n) is 5.63. The van der Waals surface area contributed by atoms with Crippen LogP contribution in [0.5, 0.6) is 0 Å². The summed E-state index contributed by atoms with van der Waals surface area (Å²) in [6.07, 6.45) is 0.0331. The molecule has 1 aromatic heterocycles. The molecule has 0 aliphatic carbocycles. The second kappa shape index (κ2) is 4.95. The molecule has 100 valence electrons. The Morgan fingerprint density at radius 1 is 1.61 bits per heavy atom. The summed E-state index contributed by atoms with van der Waals surface area (Å²) in [6.45, 7) is 6.73. The molecular weight excluding hydrogens is 250 g/mol. The van der Waals surface area contributed by atoms with E-state index in [0.29, 0.717) is 18.1 Å². The third kappa shape index (κ3) is 3.07. The summed E-state index contributed by atoms with van der Waals surface area (Å²) in [6, 6.07) is -0.318. The lowest BCUT2D eigenvalue weighted by Crippen LogP contribution is -2.35. The molecule has 2 unspecified atom stereocenters. The molecule has 1 fully saturated rings. The number of hydrogen-bond donors (Lipinski definition) is 3. The fraction of sp³-hybridized carbons (Fsp3) is 0.667. The van der Waals surface area contributed by atoms with Gasteiger partial charge in [0, 0.05) is 17.3 Å². The topological polar surface area (TPSA) is 74.2 Å². The molecule has 6 heteroatoms. The number of amides is 1. The first kappa shape index (κ1) is 13.5. The number of carbonyl (C=O) groups is 1. The molecule has 3 N–H and O–H groups in total. The predicted octanol–water partition coefficient (Wildman–Crippen LogP) is 1.10. The van der Waals surface area contributed by atoms with Crippen molar-refractivity contribution in [3.05, 3.63) is 11.1 Å². The average molecular weight is 269 g/mol. The molecule has 1 aliphatic heterocycles. The number of aromatic nitrogens is 1. The summed E-state index contributed by atoms with van der Waals surface area (Å²) in [7, 11) is 0. The van der Waals surface area contributed by atoms with Crippen molar-refractivity contribution in [1.29, 1.82) is 0 Å². The van der Waals surface area contributed by atoms with Crippen LogP contribution in [0.15, 0.2) is 5.38 Å². The Bertz CT molecular complexity index is 439. The maximum absolute atomic E-state index is 11.9. The first-order valence-electron chi connectivity index (χ1n) is 6.04. The second-order valence-corrected chi connectivity index (χ2v) is 6.49. The van der Waals surface area contributed by atoms with Crippen LogP contribution >= 0.6 is 11.3 Å². The van der Waals surface area contributed by atoms with Crippen LogP contribution in [0.4, 0.5) is 5.13 Å². The number of β-amino-alcohol motifs (C(OH)–C–C–N with tert-alkyl or cyclic N) is 1. The van der Waals surface area contributed by atoms with Crippen LogP contribution in [0.3, 0.4) is 0 Å². The van der Waals surface area contributed by atoms with Gasteiger partial charge in [-0.2, -0.15) is 0 Å². The van der Waals surface area contributed by atoms with E-state index in [4.69, 9.17) is 0 Å². The van der Waals surface area contributed by atoms with Crippen LogP contribution in [-0.4, -0.2) is 34.7 Å². The molecule has 5 nitrogen and oxygen atoms in total. The fourth-order valence-corrected chi connectivity index (χ4v) is 2.73. The van der Waals surface area contributed by atoms with E-state index in [1.54, 1.807) is 0 Å². The van der Waals surface area contributed by atoms with E-state index in [0.717, 1.165) is 5.69 Å². The van der Waals surface area contributed by atoms with Gasteiger partial charge in [-0.3, -0.25) is 4.79 Å². The van der Waals surface area contributed by atoms with E-state index in [9.17, 15) is 9.90 Å². The largest absolute Gasteiger partial charge is 0.392 e. The summed E-state index contributed by atoms with van der Waals surface area (Å²) in [4.78, 5) is 16.3. The van der Waals surface area contributed by atoms with Crippen LogP contribution in [0.25, 0.3) is 0 Å². The zero-order valence-electron chi connectivity index (χ0n) is 10.9. The molecule has 2 rings (SSSR count). The number of nitrogens with one attached hydrogen (secondary N) is 2. The van der Waals surface area contributed by atoms with E-state index in [1.807, 2.05) is 5.38 Å². The maximum Gasteiger partial charge on any atom is 0.243 e. The van der Waals surface area contributed by atoms with Crippen molar-refractivity contribution < 1.29 is 9.90 Å². The SMILES string of the molecule is CC(C)(C)c1csc(NC(=O)C2CC(O)CN2)n1. The Labute approximate surface area is 111 Å². The highest BCUT2D eigenvalue weighted by molar-refractivity contribution is 7.13. The molecule has 1 amide bonds. The molecule has 0 saturated carbocycles. The minimum absolute atomic E-state index is 0.0126. The number of anilines is 1. The number of rotatable bonds is 2. The summed E-state index contributed by atoms with van der Waals surface area (Å²) in [5, 5.41) is 17.7. The van der Waals surface area contributed by atoms with Crippen LogP contribution in [-0.2, 0) is 10.2 Å². The lowest BCUT2D eigenvalue weighted by atomic mass is 9.93. The molecule has 1 saturated heterocycles. The van der Waals surface area contributed by atoms with Gasteiger partial charge in [0.15, 0.2) is 5.13 Å². The molecule has 2 heterocycles. The highest BCUT2D eigenvalue weighted by Crippen LogP contribution is 2.26. The van der Waals surface area contributed by atoms with Gasteiger partial charge in [0.1, 0.15) is 0 Å². The van der Waals surface area contributed by atoms with Gasteiger partial charge in [0.2, 0.25) is 5.91 Å². The van der Waals surface area contributed by atoms with Crippen LogP contribution in [0.1, 0.15) is 32.9 Å². The Kier molecular flexibility index (Phi) is 3.70. The quantitative estimate of drug-likeness (QED) is 0.751. The van der Waals surface area contributed by atoms with E-state index in [-0.39, 0.29) is 17.4 Å². The first-order valence-corrected chi connectivity index (χ1v) is 6.92. The molecule has 0 spiro atoms. The number of hydrogen-bond acceptors (Lipinski definition) is 5. The summed E-state index contributed by atoms with van der Waals surface area (Å²) in [5.74, 6) is -0.124. The summed E-state index contributed by atoms with van der Waals surface area (Å²) < 4.78 is 0. The molecule has 1 aromatic rings. The standard InChI is InChI=1S/C12H19N3O2S/c1-12(2,3)9-6-18-11(14-9)15-10(17)8-4-7(16)5-13-8/h6-8,13,16H,4-5H2,1-3H3,(H,14,15,17). The molecule has 0 bridgehead atoms. The lowest BCUT2D eigenvalue weighted by Gasteiger charge is -2.14. The van der Waals surface area contributed by atoms with Gasteiger partial charge in [-0.15, -0.1) is 11.3 Å². The van der Waals surface area contributed by atoms with Gasteiger partial charge in [0.25, 0.3) is 0 Å². The Balaban J connectivity index is 1.97. The van der Waals surface area contributed by atoms with Crippen LogP contribution in [0, 0.1) is 0 Å². The van der Waals surface area contributed by atoms with E-state index >= 15 is 0 Å². The Morgan fingerprint density at radius 3 is 2.83 bits per heavy atom. The third-order valence-electron chi connectivity index (χ3n) is 2.93. The smallest absolute Gasteiger partial charge is 0.243 e. The van der Waals surface area contributed by atoms with Gasteiger partial charge < -0.3 is 15.7 Å². The minimum atomic E-state index is -0.429. The number of aliphatic hydroxyl groups excluding tert-OH is 1. The van der Waals surface area contributed by atoms with Crippen molar-refractivity contribution >= 4 is 22.4 Å². The van der Waals surface area contributed by atoms with E-state index in [1.165, 1.54) is 11.3 Å². The summed E-state index contributed by atoms with van der Waals surface area (Å²) in [5.41, 5.74) is 0.962. The zero-order chi connectivity index (χ0) is 13.3. The molecule has 1 aliphatic rings. The lowest BCUT2D eigenvalue weighted by molar-refractivity contribution is -0.117. The van der Waals surface area contributed by atoms with Gasteiger partial charge in [0.05, 0.1) is 17.8 Å². The van der Waals surface area contributed by atoms with Crippen molar-refractivity contribution in [3.63, 3.8) is 0 Å². The van der Waals surface area contributed by atoms with Gasteiger partial charge in [-0.25, -0.2) is 4.98 Å². The first-order chi connectivity index (χ1) is 8.36. The van der Waals surface area contributed by atoms with Crippen molar-refractivity contribution in [2.75, 3.05) is 11.9 Å². The van der Waals surface area contributed by atoms with Crippen LogP contribution in [0.2, 0.25) is 0 Å². The van der Waals surface area contributed by atoms with Crippen molar-refractivity contribution in [3.8, 4) is 0 Å². The number of nitrogens with zero attached hydrogens (tertiary/aromatic N) is 1. The number of carbonyl (C=O) groups excluding carboxylic acids is 1. The number of thiazole rings is 1. The molecule has 18 heavy (non-hydrogen) atoms. The Hall–Kier alpha value is -0.980. The zero-order valence-corrected chi connectivity index (χ0v) is 11.7. The Morgan fingerprint density at radius 2 is 2.33 bits per heavy atom. The van der Waals surface area contributed by atoms with Crippen molar-refractivity contribution in [1.82, 2.24) is 10.3 Å². The molecule has 0 aromatic carbocycles.